The first kappa shape index (κ1) is 16.2. The summed E-state index contributed by atoms with van der Waals surface area (Å²) in [6.45, 7) is 3.65. The largest absolute Gasteiger partial charge is 0.480 e. The summed E-state index contributed by atoms with van der Waals surface area (Å²) in [5, 5.41) is 3.86. The number of nitrogens with zero attached hydrogens (tertiary/aromatic N) is 2. The van der Waals surface area contributed by atoms with Crippen LogP contribution < -0.4 is 10.2 Å². The second kappa shape index (κ2) is 7.70. The highest BCUT2D eigenvalue weighted by Gasteiger charge is 2.15. The van der Waals surface area contributed by atoms with Gasteiger partial charge in [0.2, 0.25) is 0 Å². The summed E-state index contributed by atoms with van der Waals surface area (Å²) in [5.41, 5.74) is 4.20. The predicted octanol–water partition coefficient (Wildman–Crippen LogP) is 3.07. The number of aryl methyl sites for hydroxylation is 1. The number of rotatable bonds is 5. The second-order valence-electron chi connectivity index (χ2n) is 4.68. The summed E-state index contributed by atoms with van der Waals surface area (Å²) in [5.74, 6) is 0.279. The first-order valence-corrected chi connectivity index (χ1v) is 7.52. The molecule has 114 valence electrons. The third-order valence-electron chi connectivity index (χ3n) is 2.82. The van der Waals surface area contributed by atoms with Gasteiger partial charge in [-0.15, -0.1) is 0 Å². The number of amides is 1. The lowest BCUT2D eigenvalue weighted by atomic mass is 10.2. The van der Waals surface area contributed by atoms with Gasteiger partial charge in [-0.25, -0.2) is 5.43 Å². The fraction of sp³-hybridized carbons (Fsp3) is 0.188. The number of carbonyl (C=O) groups is 1. The number of aromatic nitrogens is 1. The third-order valence-corrected chi connectivity index (χ3v) is 3.44. The van der Waals surface area contributed by atoms with Crippen molar-refractivity contribution < 1.29 is 9.53 Å². The average Bonchev–Trinajstić information content (AvgIpc) is 2.51. The molecule has 0 saturated carbocycles. The van der Waals surface area contributed by atoms with Gasteiger partial charge in [0.15, 0.2) is 6.10 Å². The molecule has 1 N–H and O–H groups in total. The number of benzene rings is 1. The third kappa shape index (κ3) is 4.66. The number of nitrogens with one attached hydrogen (secondary N) is 1. The number of halogens is 1. The van der Waals surface area contributed by atoms with E-state index in [1.165, 1.54) is 6.21 Å². The summed E-state index contributed by atoms with van der Waals surface area (Å²) in [6.07, 6.45) is 2.47. The van der Waals surface area contributed by atoms with E-state index in [0.717, 1.165) is 10.0 Å². The van der Waals surface area contributed by atoms with Crippen LogP contribution in [-0.2, 0) is 4.79 Å². The van der Waals surface area contributed by atoms with Gasteiger partial charge in [-0.3, -0.25) is 9.78 Å². The van der Waals surface area contributed by atoms with Crippen LogP contribution in [0.2, 0.25) is 0 Å². The van der Waals surface area contributed by atoms with Crippen LogP contribution >= 0.6 is 15.9 Å². The van der Waals surface area contributed by atoms with Crippen LogP contribution in [0.15, 0.2) is 52.2 Å². The quantitative estimate of drug-likeness (QED) is 0.657. The maximum atomic E-state index is 11.9. The molecular weight excluding hydrogens is 346 g/mol. The zero-order valence-corrected chi connectivity index (χ0v) is 13.9. The molecule has 5 nitrogen and oxygen atoms in total. The molecule has 0 aliphatic heterocycles. The summed E-state index contributed by atoms with van der Waals surface area (Å²) in [6, 6.07) is 11.1. The zero-order chi connectivity index (χ0) is 15.9. The molecule has 0 fully saturated rings. The topological polar surface area (TPSA) is 63.6 Å². The average molecular weight is 362 g/mol. The minimum absolute atomic E-state index is 0.334. The van der Waals surface area contributed by atoms with Gasteiger partial charge in [-0.05, 0) is 59.6 Å². The zero-order valence-electron chi connectivity index (χ0n) is 12.3. The molecule has 0 aliphatic rings. The molecule has 1 unspecified atom stereocenters. The van der Waals surface area contributed by atoms with Gasteiger partial charge in [0, 0.05) is 6.20 Å². The maximum absolute atomic E-state index is 11.9. The highest BCUT2D eigenvalue weighted by atomic mass is 79.9. The number of pyridine rings is 1. The van der Waals surface area contributed by atoms with Crippen LogP contribution in [0.25, 0.3) is 0 Å². The molecule has 0 spiro atoms. The maximum Gasteiger partial charge on any atom is 0.280 e. The van der Waals surface area contributed by atoms with Gasteiger partial charge in [0.25, 0.3) is 5.91 Å². The molecule has 0 radical (unpaired) electrons. The molecule has 1 heterocycles. The monoisotopic (exact) mass is 361 g/mol. The van der Waals surface area contributed by atoms with Crippen LogP contribution in [0, 0.1) is 6.92 Å². The SMILES string of the molecule is Cc1ccc(OC(C)C(=O)NN=Cc2ccccn2)c(Br)c1. The van der Waals surface area contributed by atoms with Crippen molar-refractivity contribution in [2.24, 2.45) is 5.10 Å². The normalized spacial score (nSPS) is 12.1. The van der Waals surface area contributed by atoms with Crippen molar-refractivity contribution in [2.45, 2.75) is 20.0 Å². The summed E-state index contributed by atoms with van der Waals surface area (Å²) >= 11 is 3.41. The number of hydrogen-bond acceptors (Lipinski definition) is 4. The smallest absolute Gasteiger partial charge is 0.280 e. The van der Waals surface area contributed by atoms with E-state index in [2.05, 4.69) is 31.4 Å². The Morgan fingerprint density at radius 1 is 1.41 bits per heavy atom. The lowest BCUT2D eigenvalue weighted by Gasteiger charge is -2.14. The van der Waals surface area contributed by atoms with Gasteiger partial charge in [0.05, 0.1) is 16.4 Å². The molecule has 0 aliphatic carbocycles. The lowest BCUT2D eigenvalue weighted by Crippen LogP contribution is -2.33. The van der Waals surface area contributed by atoms with Crippen molar-refractivity contribution >= 4 is 28.1 Å². The first-order valence-electron chi connectivity index (χ1n) is 6.73. The highest BCUT2D eigenvalue weighted by molar-refractivity contribution is 9.10. The van der Waals surface area contributed by atoms with Gasteiger partial charge in [0.1, 0.15) is 5.75 Å². The fourth-order valence-electron chi connectivity index (χ4n) is 1.65. The Morgan fingerprint density at radius 3 is 2.91 bits per heavy atom. The van der Waals surface area contributed by atoms with Crippen LogP contribution in [0.5, 0.6) is 5.75 Å². The Labute approximate surface area is 137 Å². The molecule has 1 aromatic heterocycles. The van der Waals surface area contributed by atoms with E-state index in [1.807, 2.05) is 37.3 Å². The minimum Gasteiger partial charge on any atom is -0.480 e. The van der Waals surface area contributed by atoms with E-state index in [9.17, 15) is 4.79 Å². The second-order valence-corrected chi connectivity index (χ2v) is 5.54. The van der Waals surface area contributed by atoms with Crippen molar-refractivity contribution in [3.05, 3.63) is 58.3 Å². The van der Waals surface area contributed by atoms with E-state index in [0.29, 0.717) is 11.4 Å². The van der Waals surface area contributed by atoms with E-state index >= 15 is 0 Å². The van der Waals surface area contributed by atoms with Crippen molar-refractivity contribution in [3.8, 4) is 5.75 Å². The Bertz CT molecular complexity index is 674. The lowest BCUT2D eigenvalue weighted by molar-refractivity contribution is -0.127. The van der Waals surface area contributed by atoms with Gasteiger partial charge in [-0.1, -0.05) is 12.1 Å². The first-order chi connectivity index (χ1) is 10.6. The standard InChI is InChI=1S/C16H16BrN3O2/c1-11-6-7-15(14(17)9-11)22-12(2)16(21)20-19-10-13-5-3-4-8-18-13/h3-10,12H,1-2H3,(H,20,21). The molecule has 6 heteroatoms. The molecule has 2 rings (SSSR count). The van der Waals surface area contributed by atoms with Crippen LogP contribution in [0.3, 0.4) is 0 Å². The molecule has 1 atom stereocenters. The molecular formula is C16H16BrN3O2. The molecule has 0 saturated heterocycles. The van der Waals surface area contributed by atoms with Crippen molar-refractivity contribution in [2.75, 3.05) is 0 Å². The molecule has 2 aromatic rings. The van der Waals surface area contributed by atoms with Crippen molar-refractivity contribution in [3.63, 3.8) is 0 Å². The minimum atomic E-state index is -0.667. The van der Waals surface area contributed by atoms with Gasteiger partial charge in [-0.2, -0.15) is 5.10 Å². The Balaban J connectivity index is 1.91. The Hall–Kier alpha value is -2.21. The fourth-order valence-corrected chi connectivity index (χ4v) is 2.24. The van der Waals surface area contributed by atoms with E-state index < -0.39 is 6.10 Å². The molecule has 1 amide bonds. The predicted molar refractivity (Wildman–Crippen MR) is 88.9 cm³/mol. The number of ether oxygens (including phenoxy) is 1. The van der Waals surface area contributed by atoms with Crippen molar-refractivity contribution in [1.82, 2.24) is 10.4 Å². The number of carbonyl (C=O) groups excluding carboxylic acids is 1. The number of hydrogen-bond donors (Lipinski definition) is 1. The Morgan fingerprint density at radius 2 is 2.23 bits per heavy atom. The highest BCUT2D eigenvalue weighted by Crippen LogP contribution is 2.26. The van der Waals surface area contributed by atoms with E-state index in [-0.39, 0.29) is 5.91 Å². The Kier molecular flexibility index (Phi) is 5.66. The molecule has 22 heavy (non-hydrogen) atoms. The van der Waals surface area contributed by atoms with E-state index in [4.69, 9.17) is 4.74 Å². The van der Waals surface area contributed by atoms with Crippen LogP contribution in [0.4, 0.5) is 0 Å². The summed E-state index contributed by atoms with van der Waals surface area (Å²) < 4.78 is 6.43. The van der Waals surface area contributed by atoms with E-state index in [1.54, 1.807) is 19.2 Å². The van der Waals surface area contributed by atoms with Crippen molar-refractivity contribution in [1.29, 1.82) is 0 Å². The number of hydrazone groups is 1. The van der Waals surface area contributed by atoms with Crippen LogP contribution in [0.1, 0.15) is 18.2 Å². The summed E-state index contributed by atoms with van der Waals surface area (Å²) in [4.78, 5) is 16.0. The molecule has 0 bridgehead atoms. The van der Waals surface area contributed by atoms with Gasteiger partial charge >= 0.3 is 0 Å². The van der Waals surface area contributed by atoms with Gasteiger partial charge < -0.3 is 4.74 Å². The summed E-state index contributed by atoms with van der Waals surface area (Å²) in [7, 11) is 0. The molecule has 1 aromatic carbocycles. The van der Waals surface area contributed by atoms with Crippen LogP contribution in [-0.4, -0.2) is 23.2 Å².